The molecule has 0 heterocycles. The maximum atomic E-state index is 14.8. The predicted molar refractivity (Wildman–Crippen MR) is 140 cm³/mol. The van der Waals surface area contributed by atoms with E-state index in [1.807, 2.05) is 36.4 Å². The molecule has 3 heteroatoms. The van der Waals surface area contributed by atoms with Crippen LogP contribution >= 0.6 is 0 Å². The van der Waals surface area contributed by atoms with Gasteiger partial charge in [0.05, 0.1) is 0 Å². The summed E-state index contributed by atoms with van der Waals surface area (Å²) in [5, 5.41) is 0. The number of allylic oxidation sites excluding steroid dienone is 1. The summed E-state index contributed by atoms with van der Waals surface area (Å²) < 4.78 is 44.4. The first-order valence-corrected chi connectivity index (χ1v) is 13.0. The van der Waals surface area contributed by atoms with Crippen LogP contribution in [0.4, 0.5) is 13.2 Å². The van der Waals surface area contributed by atoms with Crippen molar-refractivity contribution in [1.29, 1.82) is 0 Å². The Hall–Kier alpha value is -2.81. The SMILES string of the molecule is CCCCc1ccc(C2CCC(/C=C/c3ccc(-c4ccc(CC)cc4)c(F)c3F)CC2)c(F)c1. The lowest BCUT2D eigenvalue weighted by Gasteiger charge is -2.27. The van der Waals surface area contributed by atoms with Crippen LogP contribution in [0.25, 0.3) is 17.2 Å². The number of unbranched alkanes of at least 4 members (excludes halogenated alkanes) is 1. The monoisotopic (exact) mass is 476 g/mol. The normalized spacial score (nSPS) is 18.3. The lowest BCUT2D eigenvalue weighted by Crippen LogP contribution is -2.13. The molecule has 3 aromatic carbocycles. The lowest BCUT2D eigenvalue weighted by atomic mass is 9.78. The minimum Gasteiger partial charge on any atom is -0.207 e. The van der Waals surface area contributed by atoms with E-state index in [0.717, 1.165) is 68.1 Å². The van der Waals surface area contributed by atoms with Gasteiger partial charge in [-0.25, -0.2) is 13.2 Å². The third-order valence-electron chi connectivity index (χ3n) is 7.43. The van der Waals surface area contributed by atoms with Crippen LogP contribution in [0.2, 0.25) is 0 Å². The number of rotatable bonds is 8. The Morgan fingerprint density at radius 2 is 1.51 bits per heavy atom. The molecule has 3 aromatic rings. The second kappa shape index (κ2) is 11.7. The molecule has 0 spiro atoms. The minimum absolute atomic E-state index is 0.0837. The number of aryl methyl sites for hydroxylation is 2. The van der Waals surface area contributed by atoms with Crippen molar-refractivity contribution in [2.45, 2.75) is 71.1 Å². The minimum atomic E-state index is -0.808. The summed E-state index contributed by atoms with van der Waals surface area (Å²) in [6.07, 6.45) is 11.4. The Morgan fingerprint density at radius 1 is 0.800 bits per heavy atom. The molecule has 1 aliphatic rings. The summed E-state index contributed by atoms with van der Waals surface area (Å²) in [6, 6.07) is 16.6. The van der Waals surface area contributed by atoms with Crippen LogP contribution in [0.3, 0.4) is 0 Å². The van der Waals surface area contributed by atoms with E-state index in [-0.39, 0.29) is 22.9 Å². The van der Waals surface area contributed by atoms with Crippen molar-refractivity contribution in [3.63, 3.8) is 0 Å². The number of hydrogen-bond donors (Lipinski definition) is 0. The van der Waals surface area contributed by atoms with Crippen molar-refractivity contribution < 1.29 is 13.2 Å². The zero-order valence-corrected chi connectivity index (χ0v) is 20.8. The smallest absolute Gasteiger partial charge is 0.167 e. The van der Waals surface area contributed by atoms with Crippen LogP contribution in [0.5, 0.6) is 0 Å². The van der Waals surface area contributed by atoms with Crippen LogP contribution in [-0.2, 0) is 12.8 Å². The molecular weight excluding hydrogens is 441 g/mol. The van der Waals surface area contributed by atoms with E-state index in [9.17, 15) is 13.2 Å². The van der Waals surface area contributed by atoms with E-state index in [4.69, 9.17) is 0 Å². The highest BCUT2D eigenvalue weighted by molar-refractivity contribution is 5.67. The largest absolute Gasteiger partial charge is 0.207 e. The summed E-state index contributed by atoms with van der Waals surface area (Å²) >= 11 is 0. The van der Waals surface area contributed by atoms with E-state index in [1.165, 1.54) is 0 Å². The molecule has 0 radical (unpaired) electrons. The van der Waals surface area contributed by atoms with Crippen molar-refractivity contribution in [3.8, 4) is 11.1 Å². The molecule has 35 heavy (non-hydrogen) atoms. The van der Waals surface area contributed by atoms with Gasteiger partial charge in [-0.05, 0) is 85.1 Å². The molecule has 1 saturated carbocycles. The molecule has 184 valence electrons. The Kier molecular flexibility index (Phi) is 8.49. The second-order valence-corrected chi connectivity index (χ2v) is 9.81. The maximum absolute atomic E-state index is 14.8. The molecule has 1 fully saturated rings. The van der Waals surface area contributed by atoms with Crippen LogP contribution in [0, 0.1) is 23.4 Å². The molecule has 0 bridgehead atoms. The third-order valence-corrected chi connectivity index (χ3v) is 7.43. The predicted octanol–water partition coefficient (Wildman–Crippen LogP) is 9.66. The van der Waals surface area contributed by atoms with Crippen LogP contribution < -0.4 is 0 Å². The van der Waals surface area contributed by atoms with Crippen LogP contribution in [0.15, 0.2) is 60.7 Å². The van der Waals surface area contributed by atoms with Gasteiger partial charge < -0.3 is 0 Å². The van der Waals surface area contributed by atoms with E-state index in [0.29, 0.717) is 11.5 Å². The van der Waals surface area contributed by atoms with Gasteiger partial charge in [0.1, 0.15) is 5.82 Å². The number of halogens is 3. The van der Waals surface area contributed by atoms with E-state index in [1.54, 1.807) is 24.3 Å². The topological polar surface area (TPSA) is 0 Å². The van der Waals surface area contributed by atoms with Gasteiger partial charge in [-0.3, -0.25) is 0 Å². The van der Waals surface area contributed by atoms with Gasteiger partial charge in [0.15, 0.2) is 11.6 Å². The van der Waals surface area contributed by atoms with Crippen molar-refractivity contribution >= 4 is 6.08 Å². The van der Waals surface area contributed by atoms with Crippen molar-refractivity contribution in [2.75, 3.05) is 0 Å². The van der Waals surface area contributed by atoms with Gasteiger partial charge in [-0.2, -0.15) is 0 Å². The van der Waals surface area contributed by atoms with E-state index < -0.39 is 11.6 Å². The molecule has 0 atom stereocenters. The van der Waals surface area contributed by atoms with E-state index in [2.05, 4.69) is 19.9 Å². The quantitative estimate of drug-likeness (QED) is 0.303. The van der Waals surface area contributed by atoms with Gasteiger partial charge >= 0.3 is 0 Å². The third kappa shape index (κ3) is 6.07. The lowest BCUT2D eigenvalue weighted by molar-refractivity contribution is 0.369. The average molecular weight is 477 g/mol. The average Bonchev–Trinajstić information content (AvgIpc) is 2.89. The van der Waals surface area contributed by atoms with Crippen LogP contribution in [0.1, 0.15) is 80.5 Å². The zero-order valence-electron chi connectivity index (χ0n) is 20.8. The highest BCUT2D eigenvalue weighted by Gasteiger charge is 2.23. The summed E-state index contributed by atoms with van der Waals surface area (Å²) in [5.74, 6) is -1.18. The number of hydrogen-bond acceptors (Lipinski definition) is 0. The van der Waals surface area contributed by atoms with E-state index >= 15 is 0 Å². The highest BCUT2D eigenvalue weighted by Crippen LogP contribution is 2.38. The Balaban J connectivity index is 1.38. The Morgan fingerprint density at radius 3 is 2.17 bits per heavy atom. The first kappa shape index (κ1) is 25.3. The first-order chi connectivity index (χ1) is 17.0. The van der Waals surface area contributed by atoms with Gasteiger partial charge in [0, 0.05) is 11.1 Å². The Labute approximate surface area is 207 Å². The van der Waals surface area contributed by atoms with Gasteiger partial charge in [-0.1, -0.05) is 81.0 Å². The van der Waals surface area contributed by atoms with Crippen LogP contribution in [-0.4, -0.2) is 0 Å². The van der Waals surface area contributed by atoms with Crippen molar-refractivity contribution in [1.82, 2.24) is 0 Å². The molecule has 0 amide bonds. The highest BCUT2D eigenvalue weighted by atomic mass is 19.2. The fraction of sp³-hybridized carbons (Fsp3) is 0.375. The van der Waals surface area contributed by atoms with Gasteiger partial charge in [0.25, 0.3) is 0 Å². The molecule has 0 aliphatic heterocycles. The molecule has 0 N–H and O–H groups in total. The fourth-order valence-electron chi connectivity index (χ4n) is 5.14. The second-order valence-electron chi connectivity index (χ2n) is 9.81. The van der Waals surface area contributed by atoms with Gasteiger partial charge in [0.2, 0.25) is 0 Å². The number of benzene rings is 3. The molecule has 0 unspecified atom stereocenters. The molecular formula is C32H35F3. The fourth-order valence-corrected chi connectivity index (χ4v) is 5.14. The summed E-state index contributed by atoms with van der Waals surface area (Å²) in [4.78, 5) is 0. The maximum Gasteiger partial charge on any atom is 0.167 e. The molecule has 1 aliphatic carbocycles. The molecule has 0 saturated heterocycles. The zero-order chi connectivity index (χ0) is 24.8. The standard InChI is InChI=1S/C32H35F3/c1-3-5-6-24-12-19-28(30(33)21-24)25-15-9-23(10-16-25)11-17-27-18-20-29(32(35)31(27)34)26-13-7-22(4-2)8-14-26/h7-8,11-14,17-21,23,25H,3-6,9-10,15-16H2,1-2H3/b17-11+. The van der Waals surface area contributed by atoms with Crippen molar-refractivity contribution in [2.24, 2.45) is 5.92 Å². The summed E-state index contributed by atoms with van der Waals surface area (Å²) in [7, 11) is 0. The molecule has 4 rings (SSSR count). The van der Waals surface area contributed by atoms with Crippen molar-refractivity contribution in [3.05, 3.63) is 100 Å². The molecule has 0 nitrogen and oxygen atoms in total. The first-order valence-electron chi connectivity index (χ1n) is 13.0. The summed E-state index contributed by atoms with van der Waals surface area (Å²) in [5.41, 5.74) is 4.29. The molecule has 0 aromatic heterocycles. The Bertz CT molecular complexity index is 1150. The van der Waals surface area contributed by atoms with Gasteiger partial charge in [-0.15, -0.1) is 0 Å². The summed E-state index contributed by atoms with van der Waals surface area (Å²) in [6.45, 7) is 4.21.